The first kappa shape index (κ1) is 25.7. The summed E-state index contributed by atoms with van der Waals surface area (Å²) in [6.45, 7) is 10.8. The molecule has 0 saturated heterocycles. The largest absolute Gasteiger partial charge is 0.333 e. The summed E-state index contributed by atoms with van der Waals surface area (Å²) in [5.41, 5.74) is 3.22. The van der Waals surface area contributed by atoms with Crippen LogP contribution in [0.3, 0.4) is 0 Å². The molecule has 1 aliphatic rings. The highest BCUT2D eigenvalue weighted by molar-refractivity contribution is 5.96. The summed E-state index contributed by atoms with van der Waals surface area (Å²) in [7, 11) is 3.73. The number of carbonyl (C=O) groups excluding carboxylic acids is 2. The average Bonchev–Trinajstić information content (AvgIpc) is 2.80. The summed E-state index contributed by atoms with van der Waals surface area (Å²) < 4.78 is 1.53. The molecule has 3 rings (SSSR count). The molecule has 0 radical (unpaired) electrons. The van der Waals surface area contributed by atoms with E-state index in [9.17, 15) is 14.4 Å². The molecule has 0 saturated carbocycles. The molecule has 0 atom stereocenters. The predicted octanol–water partition coefficient (Wildman–Crippen LogP) is 3.36. The van der Waals surface area contributed by atoms with Crippen LogP contribution in [0.5, 0.6) is 0 Å². The Balaban J connectivity index is 2.05. The van der Waals surface area contributed by atoms with Gasteiger partial charge in [-0.1, -0.05) is 32.0 Å². The minimum atomic E-state index is -0.271. The second-order valence-electron chi connectivity index (χ2n) is 9.86. The number of pyridine rings is 1. The van der Waals surface area contributed by atoms with Crippen molar-refractivity contribution in [1.29, 1.82) is 0 Å². The summed E-state index contributed by atoms with van der Waals surface area (Å²) in [5, 5.41) is 0. The van der Waals surface area contributed by atoms with E-state index in [1.807, 2.05) is 56.1 Å². The van der Waals surface area contributed by atoms with Gasteiger partial charge >= 0.3 is 0 Å². The average molecular weight is 467 g/mol. The Morgan fingerprint density at radius 3 is 2.41 bits per heavy atom. The first-order valence-corrected chi connectivity index (χ1v) is 12.1. The van der Waals surface area contributed by atoms with Gasteiger partial charge in [-0.25, -0.2) is 0 Å². The third-order valence-corrected chi connectivity index (χ3v) is 6.57. The molecule has 1 aliphatic heterocycles. The van der Waals surface area contributed by atoms with E-state index in [2.05, 4.69) is 18.7 Å². The van der Waals surface area contributed by atoms with Gasteiger partial charge in [-0.15, -0.1) is 0 Å². The number of hydrogen-bond donors (Lipinski definition) is 0. The zero-order valence-electron chi connectivity index (χ0n) is 21.4. The smallest absolute Gasteiger partial charge is 0.263 e. The van der Waals surface area contributed by atoms with Crippen LogP contribution >= 0.6 is 0 Å². The zero-order chi connectivity index (χ0) is 25.0. The van der Waals surface area contributed by atoms with Crippen molar-refractivity contribution >= 4 is 17.5 Å². The molecule has 7 nitrogen and oxygen atoms in total. The minimum Gasteiger partial charge on any atom is -0.333 e. The van der Waals surface area contributed by atoms with Gasteiger partial charge in [0.2, 0.25) is 5.91 Å². The Morgan fingerprint density at radius 2 is 1.71 bits per heavy atom. The van der Waals surface area contributed by atoms with Crippen LogP contribution in [-0.2, 0) is 18.4 Å². The lowest BCUT2D eigenvalue weighted by molar-refractivity contribution is -0.119. The molecule has 0 N–H and O–H groups in total. The van der Waals surface area contributed by atoms with Gasteiger partial charge in [-0.3, -0.25) is 14.4 Å². The monoisotopic (exact) mass is 466 g/mol. The summed E-state index contributed by atoms with van der Waals surface area (Å²) in [5.74, 6) is 0.102. The Labute approximate surface area is 203 Å². The molecule has 7 heteroatoms. The topological polar surface area (TPSA) is 65.9 Å². The number of aromatic nitrogens is 1. The third kappa shape index (κ3) is 5.76. The molecule has 1 aromatic carbocycles. The lowest BCUT2D eigenvalue weighted by Gasteiger charge is -2.28. The molecule has 0 fully saturated rings. The van der Waals surface area contributed by atoms with Crippen LogP contribution in [0.4, 0.5) is 5.69 Å². The van der Waals surface area contributed by atoms with Crippen molar-refractivity contribution in [2.24, 2.45) is 13.0 Å². The fraction of sp³-hybridized carbons (Fsp3) is 0.519. The molecular weight excluding hydrogens is 428 g/mol. The van der Waals surface area contributed by atoms with E-state index < -0.39 is 0 Å². The van der Waals surface area contributed by atoms with Crippen molar-refractivity contribution in [2.45, 2.75) is 47.1 Å². The standard InChI is InChI=1S/C27H38N4O3/c1-19(2)16-24(32)31-13-9-12-28(5)14-15-30(18-22-10-7-8-11-23(22)31)27(34)25-20(3)17-21(4)29(6)26(25)33/h7-8,10-11,17,19H,9,12-16,18H2,1-6H3. The minimum absolute atomic E-state index is 0.102. The number of hydrogen-bond acceptors (Lipinski definition) is 4. The second-order valence-corrected chi connectivity index (χ2v) is 9.86. The molecule has 0 spiro atoms. The third-order valence-electron chi connectivity index (χ3n) is 6.57. The van der Waals surface area contributed by atoms with E-state index in [0.717, 1.165) is 29.9 Å². The summed E-state index contributed by atoms with van der Waals surface area (Å²) in [6, 6.07) is 9.70. The number of likely N-dealkylation sites (N-methyl/N-ethyl adjacent to an activating group) is 1. The van der Waals surface area contributed by atoms with Crippen molar-refractivity contribution < 1.29 is 9.59 Å². The quantitative estimate of drug-likeness (QED) is 0.696. The van der Waals surface area contributed by atoms with E-state index in [4.69, 9.17) is 0 Å². The first-order chi connectivity index (χ1) is 16.1. The van der Waals surface area contributed by atoms with E-state index >= 15 is 0 Å². The van der Waals surface area contributed by atoms with Crippen molar-refractivity contribution in [1.82, 2.24) is 14.4 Å². The zero-order valence-corrected chi connectivity index (χ0v) is 21.4. The summed E-state index contributed by atoms with van der Waals surface area (Å²) >= 11 is 0. The van der Waals surface area contributed by atoms with Crippen LogP contribution in [0.1, 0.15) is 53.9 Å². The highest BCUT2D eigenvalue weighted by Crippen LogP contribution is 2.25. The number of amides is 2. The molecular formula is C27H38N4O3. The Bertz CT molecular complexity index is 1110. The van der Waals surface area contributed by atoms with Crippen molar-refractivity contribution in [3.8, 4) is 0 Å². The molecule has 0 bridgehead atoms. The number of aryl methyl sites for hydroxylation is 2. The lowest BCUT2D eigenvalue weighted by Crippen LogP contribution is -2.41. The molecule has 184 valence electrons. The van der Waals surface area contributed by atoms with Crippen molar-refractivity contribution in [3.05, 3.63) is 63.1 Å². The van der Waals surface area contributed by atoms with Crippen LogP contribution in [0.15, 0.2) is 35.1 Å². The van der Waals surface area contributed by atoms with E-state index in [1.54, 1.807) is 11.9 Å². The van der Waals surface area contributed by atoms with Gasteiger partial charge in [-0.05, 0) is 63.0 Å². The van der Waals surface area contributed by atoms with E-state index in [0.29, 0.717) is 38.2 Å². The van der Waals surface area contributed by atoms with Gasteiger partial charge in [0, 0.05) is 51.0 Å². The van der Waals surface area contributed by atoms with Gasteiger partial charge in [0.1, 0.15) is 5.56 Å². The van der Waals surface area contributed by atoms with Gasteiger partial charge in [0.15, 0.2) is 0 Å². The number of carbonyl (C=O) groups is 2. The Kier molecular flexibility index (Phi) is 8.31. The summed E-state index contributed by atoms with van der Waals surface area (Å²) in [4.78, 5) is 45.8. The molecule has 2 amide bonds. The highest BCUT2D eigenvalue weighted by Gasteiger charge is 2.26. The van der Waals surface area contributed by atoms with Crippen LogP contribution in [0.2, 0.25) is 0 Å². The van der Waals surface area contributed by atoms with Crippen molar-refractivity contribution in [3.63, 3.8) is 0 Å². The predicted molar refractivity (Wildman–Crippen MR) is 136 cm³/mol. The number of anilines is 1. The number of para-hydroxylation sites is 1. The van der Waals surface area contributed by atoms with Gasteiger partial charge in [0.05, 0.1) is 0 Å². The lowest BCUT2D eigenvalue weighted by atomic mass is 10.1. The normalized spacial score (nSPS) is 15.7. The highest BCUT2D eigenvalue weighted by atomic mass is 16.2. The van der Waals surface area contributed by atoms with Gasteiger partial charge in [-0.2, -0.15) is 0 Å². The van der Waals surface area contributed by atoms with E-state index in [1.165, 1.54) is 4.57 Å². The fourth-order valence-corrected chi connectivity index (χ4v) is 4.50. The van der Waals surface area contributed by atoms with Crippen LogP contribution in [0.25, 0.3) is 0 Å². The molecule has 1 aromatic heterocycles. The molecule has 2 aromatic rings. The summed E-state index contributed by atoms with van der Waals surface area (Å²) in [6.07, 6.45) is 1.33. The maximum absolute atomic E-state index is 13.7. The van der Waals surface area contributed by atoms with Crippen LogP contribution in [-0.4, -0.2) is 59.4 Å². The SMILES string of the molecule is Cc1cc(C)n(C)c(=O)c1C(=O)N1CCN(C)CCCN(C(=O)CC(C)C)c2ccccc2C1. The van der Waals surface area contributed by atoms with Crippen molar-refractivity contribution in [2.75, 3.05) is 38.1 Å². The Hall–Kier alpha value is -2.93. The number of rotatable bonds is 3. The van der Waals surface area contributed by atoms with E-state index in [-0.39, 0.29) is 28.9 Å². The molecule has 0 unspecified atom stereocenters. The molecule has 0 aliphatic carbocycles. The van der Waals surface area contributed by atoms with Crippen LogP contribution in [0, 0.1) is 19.8 Å². The Morgan fingerprint density at radius 1 is 1.00 bits per heavy atom. The number of benzene rings is 1. The number of fused-ring (bicyclic) bond motifs is 1. The van der Waals surface area contributed by atoms with Gasteiger partial charge in [0.25, 0.3) is 11.5 Å². The second kappa shape index (κ2) is 11.0. The van der Waals surface area contributed by atoms with Crippen LogP contribution < -0.4 is 10.5 Å². The molecule has 34 heavy (non-hydrogen) atoms. The number of nitrogens with zero attached hydrogens (tertiary/aromatic N) is 4. The maximum Gasteiger partial charge on any atom is 0.263 e. The first-order valence-electron chi connectivity index (χ1n) is 12.1. The van der Waals surface area contributed by atoms with Gasteiger partial charge < -0.3 is 19.3 Å². The fourth-order valence-electron chi connectivity index (χ4n) is 4.50. The maximum atomic E-state index is 13.7. The molecule has 2 heterocycles.